The van der Waals surface area contributed by atoms with Gasteiger partial charge >= 0.3 is 5.97 Å². The lowest BCUT2D eigenvalue weighted by atomic mass is 10.1. The minimum absolute atomic E-state index is 0.265. The van der Waals surface area contributed by atoms with E-state index in [1.165, 1.54) is 19.4 Å². The first-order valence-corrected chi connectivity index (χ1v) is 7.93. The summed E-state index contributed by atoms with van der Waals surface area (Å²) in [6, 6.07) is 3.31. The van der Waals surface area contributed by atoms with Crippen LogP contribution in [0, 0.1) is 0 Å². The highest BCUT2D eigenvalue weighted by atomic mass is 35.5. The van der Waals surface area contributed by atoms with Gasteiger partial charge in [-0.25, -0.2) is 4.79 Å². The van der Waals surface area contributed by atoms with Crippen LogP contribution in [0.15, 0.2) is 30.6 Å². The van der Waals surface area contributed by atoms with Crippen LogP contribution in [0.2, 0.25) is 5.02 Å². The minimum Gasteiger partial charge on any atom is -0.495 e. The van der Waals surface area contributed by atoms with E-state index in [9.17, 15) is 14.7 Å². The number of carboxylic acids is 1. The van der Waals surface area contributed by atoms with Crippen molar-refractivity contribution >= 4 is 23.5 Å². The fourth-order valence-corrected chi connectivity index (χ4v) is 2.44. The number of aromatic nitrogens is 2. The predicted molar refractivity (Wildman–Crippen MR) is 93.1 cm³/mol. The first-order valence-electron chi connectivity index (χ1n) is 7.55. The number of carbonyl (C=O) groups is 2. The van der Waals surface area contributed by atoms with Gasteiger partial charge in [0, 0.05) is 6.20 Å². The molecular weight excluding hydrogens is 346 g/mol. The lowest BCUT2D eigenvalue weighted by Gasteiger charge is -2.18. The zero-order valence-corrected chi connectivity index (χ0v) is 15.2. The summed E-state index contributed by atoms with van der Waals surface area (Å²) in [4.78, 5) is 24.0. The number of halogens is 1. The van der Waals surface area contributed by atoms with Gasteiger partial charge in [0.2, 0.25) is 0 Å². The average molecular weight is 366 g/mol. The van der Waals surface area contributed by atoms with E-state index in [0.717, 1.165) is 0 Å². The van der Waals surface area contributed by atoms with Gasteiger partial charge in [-0.1, -0.05) is 17.7 Å². The molecular formula is C17H20ClN3O4. The van der Waals surface area contributed by atoms with E-state index < -0.39 is 17.9 Å². The standard InChI is InChI=1S/C17H20ClN3O4/c1-17(2,3)21-9-11(8-19-21)15(22)20-14(16(23)24)10-5-6-13(25-4)12(18)7-10/h5-9,14H,1-4H3,(H,20,22)(H,23,24). The summed E-state index contributed by atoms with van der Waals surface area (Å²) < 4.78 is 6.69. The highest BCUT2D eigenvalue weighted by Gasteiger charge is 2.25. The molecule has 1 aromatic carbocycles. The van der Waals surface area contributed by atoms with Crippen molar-refractivity contribution in [2.45, 2.75) is 32.4 Å². The number of ether oxygens (including phenoxy) is 1. The van der Waals surface area contributed by atoms with E-state index in [4.69, 9.17) is 16.3 Å². The summed E-state index contributed by atoms with van der Waals surface area (Å²) in [5.41, 5.74) is 0.337. The SMILES string of the molecule is COc1ccc(C(NC(=O)c2cnn(C(C)(C)C)c2)C(=O)O)cc1Cl. The number of aliphatic carboxylic acids is 1. The smallest absolute Gasteiger partial charge is 0.330 e. The van der Waals surface area contributed by atoms with Gasteiger partial charge < -0.3 is 15.2 Å². The molecule has 0 fully saturated rings. The zero-order valence-electron chi connectivity index (χ0n) is 14.4. The normalized spacial score (nSPS) is 12.5. The van der Waals surface area contributed by atoms with Gasteiger partial charge in [0.1, 0.15) is 5.75 Å². The highest BCUT2D eigenvalue weighted by molar-refractivity contribution is 6.32. The molecule has 1 amide bonds. The Labute approximate surface area is 150 Å². The third-order valence-corrected chi connectivity index (χ3v) is 3.86. The molecule has 0 aliphatic rings. The van der Waals surface area contributed by atoms with Gasteiger partial charge in [0.05, 0.1) is 29.4 Å². The van der Waals surface area contributed by atoms with Crippen LogP contribution in [0.4, 0.5) is 0 Å². The van der Waals surface area contributed by atoms with Crippen molar-refractivity contribution in [3.05, 3.63) is 46.7 Å². The van der Waals surface area contributed by atoms with Crippen LogP contribution < -0.4 is 10.1 Å². The van der Waals surface area contributed by atoms with Crippen LogP contribution in [0.3, 0.4) is 0 Å². The number of nitrogens with zero attached hydrogens (tertiary/aromatic N) is 2. The van der Waals surface area contributed by atoms with Crippen LogP contribution in [-0.2, 0) is 10.3 Å². The van der Waals surface area contributed by atoms with Gasteiger partial charge in [-0.15, -0.1) is 0 Å². The molecule has 0 radical (unpaired) electrons. The number of amides is 1. The quantitative estimate of drug-likeness (QED) is 0.849. The molecule has 7 nitrogen and oxygen atoms in total. The Hall–Kier alpha value is -2.54. The van der Waals surface area contributed by atoms with Crippen LogP contribution in [0.1, 0.15) is 42.7 Å². The van der Waals surface area contributed by atoms with E-state index >= 15 is 0 Å². The molecule has 1 aromatic heterocycles. The number of hydrogen-bond donors (Lipinski definition) is 2. The van der Waals surface area contributed by atoms with Crippen LogP contribution in [0.5, 0.6) is 5.75 Å². The first-order chi connectivity index (χ1) is 11.6. The van der Waals surface area contributed by atoms with Crippen LogP contribution in [-0.4, -0.2) is 33.9 Å². The highest BCUT2D eigenvalue weighted by Crippen LogP contribution is 2.28. The van der Waals surface area contributed by atoms with Crippen LogP contribution in [0.25, 0.3) is 0 Å². The lowest BCUT2D eigenvalue weighted by molar-refractivity contribution is -0.139. The van der Waals surface area contributed by atoms with Crippen molar-refractivity contribution < 1.29 is 19.4 Å². The number of hydrogen-bond acceptors (Lipinski definition) is 4. The molecule has 0 aliphatic heterocycles. The molecule has 8 heteroatoms. The molecule has 0 aliphatic carbocycles. The van der Waals surface area contributed by atoms with Gasteiger partial charge in [-0.05, 0) is 38.5 Å². The molecule has 0 bridgehead atoms. The maximum absolute atomic E-state index is 12.4. The number of methoxy groups -OCH3 is 1. The summed E-state index contributed by atoms with van der Waals surface area (Å²) in [6.45, 7) is 5.84. The monoisotopic (exact) mass is 365 g/mol. The molecule has 0 spiro atoms. The minimum atomic E-state index is -1.24. The van der Waals surface area contributed by atoms with Crippen LogP contribution >= 0.6 is 11.6 Å². The topological polar surface area (TPSA) is 93.5 Å². The summed E-state index contributed by atoms with van der Waals surface area (Å²) in [5.74, 6) is -1.31. The van der Waals surface area contributed by atoms with Crippen molar-refractivity contribution in [3.8, 4) is 5.75 Å². The number of carboxylic acid groups (broad SMARTS) is 1. The van der Waals surface area contributed by atoms with Crippen molar-refractivity contribution in [1.29, 1.82) is 0 Å². The molecule has 1 atom stereocenters. The molecule has 2 N–H and O–H groups in total. The largest absolute Gasteiger partial charge is 0.495 e. The van der Waals surface area contributed by atoms with Gasteiger partial charge in [0.15, 0.2) is 6.04 Å². The average Bonchev–Trinajstić information content (AvgIpc) is 3.02. The van der Waals surface area contributed by atoms with Crippen molar-refractivity contribution in [3.63, 3.8) is 0 Å². The summed E-state index contributed by atoms with van der Waals surface area (Å²) in [7, 11) is 1.46. The zero-order chi connectivity index (χ0) is 18.8. The Bertz CT molecular complexity index is 795. The summed E-state index contributed by atoms with van der Waals surface area (Å²) in [5, 5.41) is 16.4. The van der Waals surface area contributed by atoms with E-state index in [0.29, 0.717) is 11.3 Å². The Morgan fingerprint density at radius 1 is 1.36 bits per heavy atom. The molecule has 0 saturated carbocycles. The maximum atomic E-state index is 12.4. The van der Waals surface area contributed by atoms with Gasteiger partial charge in [-0.2, -0.15) is 5.10 Å². The molecule has 0 saturated heterocycles. The Morgan fingerprint density at radius 3 is 2.52 bits per heavy atom. The number of benzene rings is 1. The second-order valence-electron chi connectivity index (χ2n) is 6.48. The number of carbonyl (C=O) groups excluding carboxylic acids is 1. The molecule has 1 unspecified atom stereocenters. The van der Waals surface area contributed by atoms with E-state index in [-0.39, 0.29) is 16.1 Å². The van der Waals surface area contributed by atoms with Crippen molar-refractivity contribution in [1.82, 2.24) is 15.1 Å². The summed E-state index contributed by atoms with van der Waals surface area (Å²) in [6.07, 6.45) is 2.98. The fourth-order valence-electron chi connectivity index (χ4n) is 2.17. The lowest BCUT2D eigenvalue weighted by Crippen LogP contribution is -2.33. The fraction of sp³-hybridized carbons (Fsp3) is 0.353. The van der Waals surface area contributed by atoms with E-state index in [2.05, 4.69) is 10.4 Å². The Morgan fingerprint density at radius 2 is 2.04 bits per heavy atom. The van der Waals surface area contributed by atoms with Gasteiger partial charge in [0.25, 0.3) is 5.91 Å². The first kappa shape index (κ1) is 18.8. The molecule has 134 valence electrons. The van der Waals surface area contributed by atoms with Crippen molar-refractivity contribution in [2.24, 2.45) is 0 Å². The predicted octanol–water partition coefficient (Wildman–Crippen LogP) is 2.86. The second kappa shape index (κ2) is 7.14. The molecule has 25 heavy (non-hydrogen) atoms. The third kappa shape index (κ3) is 4.30. The Kier molecular flexibility index (Phi) is 5.37. The van der Waals surface area contributed by atoms with Gasteiger partial charge in [-0.3, -0.25) is 9.48 Å². The third-order valence-electron chi connectivity index (χ3n) is 3.56. The van der Waals surface area contributed by atoms with E-state index in [1.807, 2.05) is 20.8 Å². The number of nitrogens with one attached hydrogen (secondary N) is 1. The van der Waals surface area contributed by atoms with E-state index in [1.54, 1.807) is 23.0 Å². The molecule has 1 heterocycles. The number of rotatable bonds is 5. The maximum Gasteiger partial charge on any atom is 0.330 e. The second-order valence-corrected chi connectivity index (χ2v) is 6.89. The van der Waals surface area contributed by atoms with Crippen molar-refractivity contribution in [2.75, 3.05) is 7.11 Å². The summed E-state index contributed by atoms with van der Waals surface area (Å²) >= 11 is 6.04. The Balaban J connectivity index is 2.24. The molecule has 2 rings (SSSR count). The molecule has 2 aromatic rings.